The summed E-state index contributed by atoms with van der Waals surface area (Å²) in [6.45, 7) is 6.03. The van der Waals surface area contributed by atoms with Gasteiger partial charge in [-0.1, -0.05) is 83.6 Å². The monoisotopic (exact) mass is 258 g/mol. The fourth-order valence-electron chi connectivity index (χ4n) is 2.13. The van der Waals surface area contributed by atoms with Gasteiger partial charge in [-0.25, -0.2) is 0 Å². The first kappa shape index (κ1) is 22.8. The van der Waals surface area contributed by atoms with E-state index < -0.39 is 0 Å². The molecule has 112 valence electrons. The van der Waals surface area contributed by atoms with Crippen LogP contribution in [0.1, 0.15) is 90.4 Å². The minimum Gasteiger partial charge on any atom is -0.344 e. The van der Waals surface area contributed by atoms with E-state index in [1.807, 2.05) is 6.08 Å². The summed E-state index contributed by atoms with van der Waals surface area (Å²) in [5, 5.41) is 0. The summed E-state index contributed by atoms with van der Waals surface area (Å²) in [6, 6.07) is 0. The maximum Gasteiger partial charge on any atom is -0.0353 e. The van der Waals surface area contributed by atoms with Gasteiger partial charge < -0.3 is 12.3 Å². The molecule has 0 saturated carbocycles. The Hall–Kier alpha value is -0.340. The smallest absolute Gasteiger partial charge is 0.0353 e. The van der Waals surface area contributed by atoms with Crippen molar-refractivity contribution in [1.29, 1.82) is 0 Å². The third-order valence-electron chi connectivity index (χ3n) is 3.26. The molecule has 0 aliphatic heterocycles. The van der Waals surface area contributed by atoms with Crippen molar-refractivity contribution in [3.8, 4) is 0 Å². The SMILES string of the molecule is C=CCCCCCCCCCCCCCC.N.N. The molecule has 2 nitrogen and oxygen atoms in total. The molecule has 0 aromatic rings. The van der Waals surface area contributed by atoms with Crippen LogP contribution in [0.5, 0.6) is 0 Å². The van der Waals surface area contributed by atoms with Crippen LogP contribution in [0.3, 0.4) is 0 Å². The molecule has 0 unspecified atom stereocenters. The summed E-state index contributed by atoms with van der Waals surface area (Å²) in [5.41, 5.74) is 0. The lowest BCUT2D eigenvalue weighted by atomic mass is 10.0. The van der Waals surface area contributed by atoms with Gasteiger partial charge in [0.05, 0.1) is 0 Å². The number of rotatable bonds is 13. The molecule has 0 heterocycles. The van der Waals surface area contributed by atoms with E-state index in [1.54, 1.807) is 0 Å². The molecule has 0 aromatic heterocycles. The van der Waals surface area contributed by atoms with E-state index in [9.17, 15) is 0 Å². The van der Waals surface area contributed by atoms with Gasteiger partial charge >= 0.3 is 0 Å². The van der Waals surface area contributed by atoms with Crippen LogP contribution in [0.2, 0.25) is 0 Å². The van der Waals surface area contributed by atoms with Gasteiger partial charge in [-0.15, -0.1) is 6.58 Å². The van der Waals surface area contributed by atoms with Crippen LogP contribution < -0.4 is 12.3 Å². The Kier molecular flexibility index (Phi) is 27.7. The van der Waals surface area contributed by atoms with Crippen molar-refractivity contribution in [2.75, 3.05) is 0 Å². The molecule has 0 aliphatic carbocycles. The molecule has 0 saturated heterocycles. The Morgan fingerprint density at radius 1 is 0.611 bits per heavy atom. The second kappa shape index (κ2) is 21.9. The summed E-state index contributed by atoms with van der Waals surface area (Å²) in [5.74, 6) is 0. The van der Waals surface area contributed by atoms with E-state index in [0.29, 0.717) is 0 Å². The molecule has 0 aromatic carbocycles. The van der Waals surface area contributed by atoms with Crippen LogP contribution in [0.25, 0.3) is 0 Å². The Bertz CT molecular complexity index is 135. The maximum absolute atomic E-state index is 3.75. The van der Waals surface area contributed by atoms with Crippen LogP contribution in [-0.4, -0.2) is 0 Å². The summed E-state index contributed by atoms with van der Waals surface area (Å²) < 4.78 is 0. The standard InChI is InChI=1S/C16H32.2H3N/c1-3-5-7-9-11-13-15-16-14-12-10-8-6-4-2;;/h3H,1,4-16H2,2H3;2*1H3. The minimum absolute atomic E-state index is 0. The number of unbranched alkanes of at least 4 members (excludes halogenated alkanes) is 12. The van der Waals surface area contributed by atoms with Crippen LogP contribution >= 0.6 is 0 Å². The van der Waals surface area contributed by atoms with Gasteiger partial charge in [0.25, 0.3) is 0 Å². The molecule has 0 radical (unpaired) electrons. The van der Waals surface area contributed by atoms with E-state index in [4.69, 9.17) is 0 Å². The highest BCUT2D eigenvalue weighted by atomic mass is 14.0. The zero-order valence-corrected chi connectivity index (χ0v) is 12.9. The third-order valence-corrected chi connectivity index (χ3v) is 3.26. The fraction of sp³-hybridized carbons (Fsp3) is 0.875. The molecule has 0 bridgehead atoms. The lowest BCUT2D eigenvalue weighted by molar-refractivity contribution is 0.545. The first-order valence-electron chi connectivity index (χ1n) is 7.52. The van der Waals surface area contributed by atoms with Gasteiger partial charge in [0.2, 0.25) is 0 Å². The molecule has 0 amide bonds. The van der Waals surface area contributed by atoms with Crippen molar-refractivity contribution in [3.05, 3.63) is 12.7 Å². The predicted molar refractivity (Wildman–Crippen MR) is 85.9 cm³/mol. The third kappa shape index (κ3) is 21.0. The van der Waals surface area contributed by atoms with Gasteiger partial charge in [-0.3, -0.25) is 0 Å². The number of hydrogen-bond donors (Lipinski definition) is 2. The molecule has 0 fully saturated rings. The topological polar surface area (TPSA) is 70.0 Å². The van der Waals surface area contributed by atoms with E-state index in [2.05, 4.69) is 13.5 Å². The average Bonchev–Trinajstić information content (AvgIpc) is 2.31. The predicted octanol–water partition coefficient (Wildman–Crippen LogP) is 6.59. The second-order valence-corrected chi connectivity index (χ2v) is 4.97. The highest BCUT2D eigenvalue weighted by Crippen LogP contribution is 2.12. The second-order valence-electron chi connectivity index (χ2n) is 4.97. The van der Waals surface area contributed by atoms with E-state index in [0.717, 1.165) is 0 Å². The van der Waals surface area contributed by atoms with Crippen molar-refractivity contribution >= 4 is 0 Å². The first-order valence-corrected chi connectivity index (χ1v) is 7.52. The van der Waals surface area contributed by atoms with Gasteiger partial charge in [0.15, 0.2) is 0 Å². The zero-order valence-electron chi connectivity index (χ0n) is 12.9. The maximum atomic E-state index is 3.75. The van der Waals surface area contributed by atoms with Crippen molar-refractivity contribution in [2.45, 2.75) is 90.4 Å². The van der Waals surface area contributed by atoms with E-state index in [1.165, 1.54) is 83.5 Å². The molecular formula is C16H38N2. The summed E-state index contributed by atoms with van der Waals surface area (Å²) in [7, 11) is 0. The van der Waals surface area contributed by atoms with Crippen LogP contribution in [-0.2, 0) is 0 Å². The highest BCUT2D eigenvalue weighted by molar-refractivity contribution is 4.65. The lowest BCUT2D eigenvalue weighted by Gasteiger charge is -2.02. The Morgan fingerprint density at radius 2 is 0.944 bits per heavy atom. The number of hydrogen-bond acceptors (Lipinski definition) is 2. The lowest BCUT2D eigenvalue weighted by Crippen LogP contribution is -1.82. The van der Waals surface area contributed by atoms with Crippen LogP contribution in [0.15, 0.2) is 12.7 Å². The van der Waals surface area contributed by atoms with Crippen molar-refractivity contribution in [3.63, 3.8) is 0 Å². The molecule has 0 rings (SSSR count). The van der Waals surface area contributed by atoms with Gasteiger partial charge in [-0.2, -0.15) is 0 Å². The van der Waals surface area contributed by atoms with Crippen molar-refractivity contribution in [2.24, 2.45) is 0 Å². The van der Waals surface area contributed by atoms with Gasteiger partial charge in [0.1, 0.15) is 0 Å². The van der Waals surface area contributed by atoms with Gasteiger partial charge in [-0.05, 0) is 12.8 Å². The molecule has 6 N–H and O–H groups in total. The van der Waals surface area contributed by atoms with Crippen LogP contribution in [0.4, 0.5) is 0 Å². The Balaban J connectivity index is -0.00000112. The quantitative estimate of drug-likeness (QED) is 0.289. The van der Waals surface area contributed by atoms with Crippen molar-refractivity contribution in [1.82, 2.24) is 12.3 Å². The Labute approximate surface area is 116 Å². The first-order chi connectivity index (χ1) is 7.91. The largest absolute Gasteiger partial charge is 0.344 e. The van der Waals surface area contributed by atoms with E-state index in [-0.39, 0.29) is 12.3 Å². The summed E-state index contributed by atoms with van der Waals surface area (Å²) in [6.07, 6.45) is 20.5. The molecule has 0 aliphatic rings. The fourth-order valence-corrected chi connectivity index (χ4v) is 2.13. The highest BCUT2D eigenvalue weighted by Gasteiger charge is 1.92. The number of allylic oxidation sites excluding steroid dienone is 1. The molecule has 0 atom stereocenters. The summed E-state index contributed by atoms with van der Waals surface area (Å²) in [4.78, 5) is 0. The molecule has 2 heteroatoms. The molecule has 0 spiro atoms. The van der Waals surface area contributed by atoms with Crippen molar-refractivity contribution < 1.29 is 0 Å². The van der Waals surface area contributed by atoms with E-state index >= 15 is 0 Å². The average molecular weight is 258 g/mol. The zero-order chi connectivity index (χ0) is 11.9. The summed E-state index contributed by atoms with van der Waals surface area (Å²) >= 11 is 0. The minimum atomic E-state index is 0. The van der Waals surface area contributed by atoms with Gasteiger partial charge in [0, 0.05) is 0 Å². The normalized spacial score (nSPS) is 9.39. The van der Waals surface area contributed by atoms with Crippen LogP contribution in [0, 0.1) is 0 Å². The Morgan fingerprint density at radius 3 is 1.28 bits per heavy atom. The molecular weight excluding hydrogens is 220 g/mol. The molecule has 18 heavy (non-hydrogen) atoms.